The highest BCUT2D eigenvalue weighted by Gasteiger charge is 1.99. The average molecular weight is 545 g/mol. The number of hydrogen-bond acceptors (Lipinski definition) is 12. The summed E-state index contributed by atoms with van der Waals surface area (Å²) in [5, 5.41) is 44.2. The van der Waals surface area contributed by atoms with Gasteiger partial charge in [-0.05, 0) is 56.8 Å². The van der Waals surface area contributed by atoms with E-state index < -0.39 is 0 Å². The van der Waals surface area contributed by atoms with Gasteiger partial charge in [0.05, 0.1) is 6.61 Å². The Morgan fingerprint density at radius 3 is 0.919 bits per heavy atom. The Bertz CT molecular complexity index is 359. The third-order valence-corrected chi connectivity index (χ3v) is 6.13. The second-order valence-corrected chi connectivity index (χ2v) is 9.29. The molecule has 12 nitrogen and oxygen atoms in total. The maximum atomic E-state index is 7.65. The summed E-state index contributed by atoms with van der Waals surface area (Å²) in [6.45, 7) is 2.62. The summed E-state index contributed by atoms with van der Waals surface area (Å²) in [5.41, 5.74) is 0. The molecule has 0 spiro atoms. The lowest BCUT2D eigenvalue weighted by Crippen LogP contribution is -2.04. The zero-order valence-electron chi connectivity index (χ0n) is 22.9. The normalized spacial score (nSPS) is 11.5. The van der Waals surface area contributed by atoms with E-state index >= 15 is 0 Å². The highest BCUT2D eigenvalue weighted by Crippen LogP contribution is 2.15. The first-order valence-electron chi connectivity index (χ1n) is 14.3. The van der Waals surface area contributed by atoms with Crippen LogP contribution in [0.3, 0.4) is 0 Å². The molecule has 0 unspecified atom stereocenters. The van der Waals surface area contributed by atoms with E-state index in [1.165, 1.54) is 135 Å². The van der Waals surface area contributed by atoms with E-state index in [1.807, 2.05) is 0 Å². The van der Waals surface area contributed by atoms with E-state index in [0.717, 1.165) is 12.8 Å². The van der Waals surface area contributed by atoms with Crippen molar-refractivity contribution in [2.24, 2.45) is 0 Å². The molecule has 0 rings (SSSR count). The van der Waals surface area contributed by atoms with E-state index in [4.69, 9.17) is 10.1 Å². The van der Waals surface area contributed by atoms with Crippen molar-refractivity contribution in [1.82, 2.24) is 0 Å². The lowest BCUT2D eigenvalue weighted by molar-refractivity contribution is -0.862. The maximum absolute atomic E-state index is 7.65. The Balaban J connectivity index is 3.00. The van der Waals surface area contributed by atoms with Crippen LogP contribution in [0.2, 0.25) is 0 Å². The fourth-order valence-electron chi connectivity index (χ4n) is 4.09. The minimum atomic E-state index is 0.343. The predicted octanol–water partition coefficient (Wildman–Crippen LogP) is 8.78. The van der Waals surface area contributed by atoms with Gasteiger partial charge in [0.1, 0.15) is 0 Å². The summed E-state index contributed by atoms with van der Waals surface area (Å²) in [6.07, 6.45) is 31.0. The second kappa shape index (κ2) is 35.5. The molecule has 0 saturated heterocycles. The van der Waals surface area contributed by atoms with Crippen LogP contribution in [0.5, 0.6) is 0 Å². The van der Waals surface area contributed by atoms with Crippen molar-refractivity contribution < 1.29 is 60.5 Å². The SMILES string of the molecule is CCCCCCCCCCCCCCCCCCCCCCCCCOOOOOOOOOOOO. The van der Waals surface area contributed by atoms with Gasteiger partial charge >= 0.3 is 0 Å². The van der Waals surface area contributed by atoms with Gasteiger partial charge in [0.15, 0.2) is 0 Å². The fraction of sp³-hybridized carbons (Fsp3) is 1.00. The van der Waals surface area contributed by atoms with E-state index in [9.17, 15) is 0 Å². The molecule has 37 heavy (non-hydrogen) atoms. The van der Waals surface area contributed by atoms with Gasteiger partial charge in [0, 0.05) is 0 Å². The van der Waals surface area contributed by atoms with Crippen LogP contribution in [0.1, 0.15) is 155 Å². The van der Waals surface area contributed by atoms with Crippen molar-refractivity contribution in [3.8, 4) is 0 Å². The minimum absolute atomic E-state index is 0.343. The van der Waals surface area contributed by atoms with Gasteiger partial charge in [-0.15, -0.1) is 0 Å². The lowest BCUT2D eigenvalue weighted by atomic mass is 10.0. The molecule has 0 amide bonds. The molecule has 0 atom stereocenters. The molecule has 0 aliphatic carbocycles. The summed E-state index contributed by atoms with van der Waals surface area (Å²) in [6, 6.07) is 0. The van der Waals surface area contributed by atoms with E-state index in [2.05, 4.69) is 57.3 Å². The molecule has 1 N–H and O–H groups in total. The average Bonchev–Trinajstić information content (AvgIpc) is 2.91. The van der Waals surface area contributed by atoms with Crippen LogP contribution in [-0.2, 0) is 55.3 Å². The van der Waals surface area contributed by atoms with Crippen molar-refractivity contribution >= 4 is 0 Å². The Kier molecular flexibility index (Phi) is 35.1. The first kappa shape index (κ1) is 36.5. The molecule has 0 radical (unpaired) electrons. The zero-order chi connectivity index (χ0) is 26.7. The van der Waals surface area contributed by atoms with Gasteiger partial charge in [-0.2, -0.15) is 0 Å². The van der Waals surface area contributed by atoms with Crippen molar-refractivity contribution in [2.75, 3.05) is 6.61 Å². The molecular weight excluding hydrogens is 492 g/mol. The molecule has 0 aliphatic rings. The quantitative estimate of drug-likeness (QED) is 0.0473. The van der Waals surface area contributed by atoms with Crippen LogP contribution in [0.4, 0.5) is 0 Å². The minimum Gasteiger partial charge on any atom is -0.219 e. The topological polar surface area (TPSA) is 122 Å². The molecule has 0 aromatic heterocycles. The van der Waals surface area contributed by atoms with Crippen LogP contribution in [0.15, 0.2) is 0 Å². The molecule has 0 saturated carbocycles. The first-order chi connectivity index (χ1) is 18.4. The van der Waals surface area contributed by atoms with Gasteiger partial charge in [0.2, 0.25) is 0 Å². The highest BCUT2D eigenvalue weighted by molar-refractivity contribution is 4.51. The predicted molar refractivity (Wildman–Crippen MR) is 131 cm³/mol. The van der Waals surface area contributed by atoms with Crippen LogP contribution in [0, 0.1) is 0 Å². The summed E-state index contributed by atoms with van der Waals surface area (Å²) in [5.74, 6) is 0. The molecule has 0 bridgehead atoms. The van der Waals surface area contributed by atoms with Gasteiger partial charge in [0.25, 0.3) is 0 Å². The van der Waals surface area contributed by atoms with Gasteiger partial charge in [-0.1, -0.05) is 148 Å². The molecule has 224 valence electrons. The maximum Gasteiger partial charge on any atom is 0.0855 e. The number of unbranched alkanes of at least 4 members (excludes halogenated alkanes) is 22. The van der Waals surface area contributed by atoms with Crippen LogP contribution >= 0.6 is 0 Å². The lowest BCUT2D eigenvalue weighted by Gasteiger charge is -2.04. The second-order valence-electron chi connectivity index (χ2n) is 9.29. The standard InChI is InChI=1S/C25H52O12/c1-2-3-4-5-6-7-8-9-10-11-12-13-14-15-16-17-18-19-20-21-22-23-24-25-27-29-31-33-35-37-36-34-32-30-28-26/h26H,2-25H2,1H3. The Labute approximate surface area is 222 Å². The molecule has 0 heterocycles. The van der Waals surface area contributed by atoms with E-state index in [1.54, 1.807) is 0 Å². The highest BCUT2D eigenvalue weighted by atomic mass is 18.0. The molecule has 12 heteroatoms. The third kappa shape index (κ3) is 35.5. The van der Waals surface area contributed by atoms with Crippen molar-refractivity contribution in [2.45, 2.75) is 155 Å². The summed E-state index contributed by atoms with van der Waals surface area (Å²) in [7, 11) is 0. The Morgan fingerprint density at radius 1 is 0.324 bits per heavy atom. The molecule has 0 aliphatic heterocycles. The van der Waals surface area contributed by atoms with Gasteiger partial charge in [-0.3, -0.25) is 0 Å². The molecule has 0 aromatic carbocycles. The Morgan fingerprint density at radius 2 is 0.595 bits per heavy atom. The molecule has 0 aromatic rings. The molecular formula is C25H52O12. The van der Waals surface area contributed by atoms with Crippen molar-refractivity contribution in [3.63, 3.8) is 0 Å². The van der Waals surface area contributed by atoms with E-state index in [-0.39, 0.29) is 0 Å². The largest absolute Gasteiger partial charge is 0.219 e. The molecule has 0 fully saturated rings. The van der Waals surface area contributed by atoms with Gasteiger partial charge in [-0.25, -0.2) is 10.1 Å². The monoisotopic (exact) mass is 544 g/mol. The van der Waals surface area contributed by atoms with Crippen LogP contribution in [0.25, 0.3) is 0 Å². The summed E-state index contributed by atoms with van der Waals surface area (Å²) in [4.78, 5) is 4.70. The Hall–Kier alpha value is -0.480. The van der Waals surface area contributed by atoms with Crippen LogP contribution in [-0.4, -0.2) is 11.9 Å². The summed E-state index contributed by atoms with van der Waals surface area (Å²) >= 11 is 0. The third-order valence-electron chi connectivity index (χ3n) is 6.13. The smallest absolute Gasteiger partial charge is 0.0855 e. The number of rotatable bonds is 34. The fourth-order valence-corrected chi connectivity index (χ4v) is 4.09. The van der Waals surface area contributed by atoms with Crippen molar-refractivity contribution in [1.29, 1.82) is 0 Å². The van der Waals surface area contributed by atoms with Gasteiger partial charge < -0.3 is 0 Å². The van der Waals surface area contributed by atoms with Crippen LogP contribution < -0.4 is 0 Å². The number of hydrogen-bond donors (Lipinski definition) is 1. The zero-order valence-corrected chi connectivity index (χ0v) is 22.9. The van der Waals surface area contributed by atoms with Crippen molar-refractivity contribution in [3.05, 3.63) is 0 Å². The first-order valence-corrected chi connectivity index (χ1v) is 14.3. The summed E-state index contributed by atoms with van der Waals surface area (Å²) < 4.78 is 0. The van der Waals surface area contributed by atoms with E-state index in [0.29, 0.717) is 6.61 Å².